The molecule has 0 saturated heterocycles. The van der Waals surface area contributed by atoms with Gasteiger partial charge in [-0.1, -0.05) is 19.3 Å². The number of rotatable bonds is 4. The molecule has 2 unspecified atom stereocenters. The molecule has 0 spiro atoms. The highest BCUT2D eigenvalue weighted by Gasteiger charge is 2.77. The van der Waals surface area contributed by atoms with Gasteiger partial charge in [0.15, 0.2) is 14.8 Å². The smallest absolute Gasteiger partial charge is 0.392 e. The number of hydrogen-bond acceptors (Lipinski definition) is 7. The fourth-order valence-electron chi connectivity index (χ4n) is 2.35. The van der Waals surface area contributed by atoms with Crippen LogP contribution in [0.4, 0.5) is 0 Å². The third-order valence-corrected chi connectivity index (χ3v) is 3.28. The maximum absolute atomic E-state index is 10.9. The summed E-state index contributed by atoms with van der Waals surface area (Å²) in [6, 6.07) is 0. The Morgan fingerprint density at radius 1 is 0.889 bits per heavy atom. The summed E-state index contributed by atoms with van der Waals surface area (Å²) in [5.41, 5.74) is 0. The standard InChI is InChI=1S/C8H13N3O7/c12-7-5-3-1-2-4-6(7)8(9(13)14,10(15)16)11(17)18/h6-7,12H,1-5H2. The quantitative estimate of drug-likeness (QED) is 0.334. The summed E-state index contributed by atoms with van der Waals surface area (Å²) in [7, 11) is 0. The number of nitrogens with zero attached hydrogens (tertiary/aromatic N) is 3. The predicted octanol–water partition coefficient (Wildman–Crippen LogP) is 0.411. The van der Waals surface area contributed by atoms with Crippen molar-refractivity contribution in [1.29, 1.82) is 0 Å². The maximum atomic E-state index is 10.9. The zero-order valence-corrected chi connectivity index (χ0v) is 9.43. The van der Waals surface area contributed by atoms with Crippen LogP contribution in [0, 0.1) is 36.3 Å². The normalized spacial score (nSPS) is 25.2. The molecule has 1 aliphatic rings. The largest absolute Gasteiger partial charge is 0.705 e. The molecule has 1 aliphatic carbocycles. The average Bonchev–Trinajstić information content (AvgIpc) is 2.44. The molecule has 0 aliphatic heterocycles. The molecule has 0 aromatic heterocycles. The van der Waals surface area contributed by atoms with E-state index >= 15 is 0 Å². The summed E-state index contributed by atoms with van der Waals surface area (Å²) in [4.78, 5) is 28.1. The molecule has 0 radical (unpaired) electrons. The van der Waals surface area contributed by atoms with Gasteiger partial charge >= 0.3 is 5.79 Å². The van der Waals surface area contributed by atoms with E-state index in [0.29, 0.717) is 19.3 Å². The van der Waals surface area contributed by atoms with Gasteiger partial charge in [-0.3, -0.25) is 30.3 Å². The van der Waals surface area contributed by atoms with Crippen molar-refractivity contribution in [1.82, 2.24) is 0 Å². The Balaban J connectivity index is 3.27. The van der Waals surface area contributed by atoms with Gasteiger partial charge in [0.05, 0.1) is 6.10 Å². The SMILES string of the molecule is O=[N+]([O-])C(C1CCCCCC1O)([N+](=O)[O-])[N+](=O)[O-]. The summed E-state index contributed by atoms with van der Waals surface area (Å²) in [5.74, 6) is -5.16. The molecule has 0 heterocycles. The summed E-state index contributed by atoms with van der Waals surface area (Å²) >= 11 is 0. The molecule has 0 amide bonds. The first-order valence-corrected chi connectivity index (χ1v) is 5.46. The molecule has 10 heteroatoms. The van der Waals surface area contributed by atoms with Gasteiger partial charge in [-0.15, -0.1) is 0 Å². The summed E-state index contributed by atoms with van der Waals surface area (Å²) in [6.45, 7) is 0. The topological polar surface area (TPSA) is 150 Å². The molecule has 1 fully saturated rings. The van der Waals surface area contributed by atoms with E-state index < -0.39 is 32.6 Å². The zero-order valence-electron chi connectivity index (χ0n) is 9.43. The van der Waals surface area contributed by atoms with E-state index in [1.54, 1.807) is 0 Å². The van der Waals surface area contributed by atoms with E-state index in [2.05, 4.69) is 0 Å². The molecule has 0 aromatic rings. The first-order chi connectivity index (χ1) is 8.35. The Morgan fingerprint density at radius 3 is 1.78 bits per heavy atom. The molecule has 102 valence electrons. The summed E-state index contributed by atoms with van der Waals surface area (Å²) in [5, 5.41) is 42.3. The van der Waals surface area contributed by atoms with E-state index in [1.807, 2.05) is 0 Å². The van der Waals surface area contributed by atoms with Crippen LogP contribution in [0.1, 0.15) is 32.1 Å². The van der Waals surface area contributed by atoms with E-state index in [4.69, 9.17) is 0 Å². The predicted molar refractivity (Wildman–Crippen MR) is 56.3 cm³/mol. The summed E-state index contributed by atoms with van der Waals surface area (Å²) < 4.78 is 0. The van der Waals surface area contributed by atoms with Gasteiger partial charge in [0.2, 0.25) is 5.92 Å². The van der Waals surface area contributed by atoms with Crippen molar-refractivity contribution in [3.63, 3.8) is 0 Å². The second-order valence-electron chi connectivity index (χ2n) is 4.27. The molecular formula is C8H13N3O7. The lowest BCUT2D eigenvalue weighted by Gasteiger charge is -2.20. The Morgan fingerprint density at radius 2 is 1.33 bits per heavy atom. The van der Waals surface area contributed by atoms with Crippen molar-refractivity contribution in [2.75, 3.05) is 0 Å². The first-order valence-electron chi connectivity index (χ1n) is 5.46. The molecule has 0 aromatic carbocycles. The molecule has 1 N–H and O–H groups in total. The molecular weight excluding hydrogens is 250 g/mol. The van der Waals surface area contributed by atoms with Gasteiger partial charge in [-0.05, 0) is 12.8 Å². The van der Waals surface area contributed by atoms with Crippen molar-refractivity contribution >= 4 is 0 Å². The van der Waals surface area contributed by atoms with Crippen LogP contribution in [0.5, 0.6) is 0 Å². The van der Waals surface area contributed by atoms with Crippen molar-refractivity contribution in [3.05, 3.63) is 30.3 Å². The van der Waals surface area contributed by atoms with Crippen molar-refractivity contribution in [2.45, 2.75) is 44.0 Å². The lowest BCUT2D eigenvalue weighted by molar-refractivity contribution is -0.979. The van der Waals surface area contributed by atoms with Gasteiger partial charge in [-0.2, -0.15) is 0 Å². The highest BCUT2D eigenvalue weighted by Crippen LogP contribution is 2.35. The second kappa shape index (κ2) is 5.21. The van der Waals surface area contributed by atoms with Gasteiger partial charge in [-0.25, -0.2) is 0 Å². The van der Waals surface area contributed by atoms with Crippen LogP contribution in [-0.2, 0) is 0 Å². The minimum absolute atomic E-state index is 0.0991. The second-order valence-corrected chi connectivity index (χ2v) is 4.27. The molecule has 1 saturated carbocycles. The minimum Gasteiger partial charge on any atom is -0.392 e. The van der Waals surface area contributed by atoms with E-state index in [-0.39, 0.29) is 12.8 Å². The Kier molecular flexibility index (Phi) is 4.11. The Hall–Kier alpha value is -1.84. The van der Waals surface area contributed by atoms with Gasteiger partial charge in [0, 0.05) is 0 Å². The van der Waals surface area contributed by atoms with E-state index in [9.17, 15) is 35.4 Å². The molecule has 10 nitrogen and oxygen atoms in total. The maximum Gasteiger partial charge on any atom is 0.705 e. The fraction of sp³-hybridized carbons (Fsp3) is 1.00. The van der Waals surface area contributed by atoms with Crippen LogP contribution in [0.2, 0.25) is 0 Å². The van der Waals surface area contributed by atoms with Crippen LogP contribution in [0.3, 0.4) is 0 Å². The zero-order chi connectivity index (χ0) is 13.9. The van der Waals surface area contributed by atoms with Crippen LogP contribution >= 0.6 is 0 Å². The fourth-order valence-corrected chi connectivity index (χ4v) is 2.35. The Bertz CT molecular complexity index is 336. The van der Waals surface area contributed by atoms with E-state index in [0.717, 1.165) is 0 Å². The monoisotopic (exact) mass is 263 g/mol. The number of hydrogen-bond donors (Lipinski definition) is 1. The van der Waals surface area contributed by atoms with E-state index in [1.165, 1.54) is 0 Å². The Labute approximate surface area is 101 Å². The molecule has 2 atom stereocenters. The minimum atomic E-state index is -3.55. The van der Waals surface area contributed by atoms with Gasteiger partial charge in [0.1, 0.15) is 0 Å². The third kappa shape index (κ3) is 2.10. The first kappa shape index (κ1) is 14.2. The molecule has 18 heavy (non-hydrogen) atoms. The van der Waals surface area contributed by atoms with Crippen molar-refractivity contribution in [2.24, 2.45) is 5.92 Å². The van der Waals surface area contributed by atoms with Crippen molar-refractivity contribution in [3.8, 4) is 0 Å². The van der Waals surface area contributed by atoms with Crippen LogP contribution < -0.4 is 0 Å². The molecule has 1 rings (SSSR count). The highest BCUT2D eigenvalue weighted by molar-refractivity contribution is 4.79. The number of nitro groups is 3. The lowest BCUT2D eigenvalue weighted by Crippen LogP contribution is -2.61. The van der Waals surface area contributed by atoms with Crippen LogP contribution in [0.15, 0.2) is 0 Å². The van der Waals surface area contributed by atoms with Crippen LogP contribution in [0.25, 0.3) is 0 Å². The number of aliphatic hydroxyl groups is 1. The van der Waals surface area contributed by atoms with Crippen molar-refractivity contribution < 1.29 is 19.9 Å². The van der Waals surface area contributed by atoms with Gasteiger partial charge in [0.25, 0.3) is 0 Å². The molecule has 0 bridgehead atoms. The average molecular weight is 263 g/mol. The highest BCUT2D eigenvalue weighted by atomic mass is 16.7. The number of aliphatic hydroxyl groups excluding tert-OH is 1. The summed E-state index contributed by atoms with van der Waals surface area (Å²) in [6.07, 6.45) is 0.150. The lowest BCUT2D eigenvalue weighted by atomic mass is 9.90. The van der Waals surface area contributed by atoms with Crippen LogP contribution in [-0.4, -0.2) is 31.8 Å². The van der Waals surface area contributed by atoms with Gasteiger partial charge < -0.3 is 5.11 Å². The third-order valence-electron chi connectivity index (χ3n) is 3.28.